The Morgan fingerprint density at radius 1 is 0.327 bits per heavy atom. The van der Waals surface area contributed by atoms with Crippen LogP contribution < -0.4 is 0 Å². The third-order valence-corrected chi connectivity index (χ3v) is 7.94. The smallest absolute Gasteiger partial charge is 0.143 e. The van der Waals surface area contributed by atoms with Crippen LogP contribution in [0.2, 0.25) is 0 Å². The number of hydrogen-bond acceptors (Lipinski definition) is 1. The number of hydrogen-bond donors (Lipinski definition) is 0. The summed E-state index contributed by atoms with van der Waals surface area (Å²) < 4.78 is 277. The zero-order valence-electron chi connectivity index (χ0n) is 54.4. The Morgan fingerprint density at radius 3 is 1.53 bits per heavy atom. The lowest BCUT2D eigenvalue weighted by Gasteiger charge is -2.20. The highest BCUT2D eigenvalue weighted by Gasteiger charge is 2.22. The van der Waals surface area contributed by atoms with Gasteiger partial charge in [0.15, 0.2) is 0 Å². The van der Waals surface area contributed by atoms with Crippen LogP contribution in [0.5, 0.6) is 0 Å². The molecule has 49 heavy (non-hydrogen) atoms. The summed E-state index contributed by atoms with van der Waals surface area (Å²) >= 11 is 0. The molecule has 1 heteroatoms. The summed E-state index contributed by atoms with van der Waals surface area (Å²) in [6, 6.07) is -29.8. The van der Waals surface area contributed by atoms with Gasteiger partial charge in [0.2, 0.25) is 0 Å². The largest absolute Gasteiger partial charge is 0.455 e. The molecule has 1 nitrogen and oxygen atoms in total. The monoisotopic (exact) mass is 652 g/mol. The van der Waals surface area contributed by atoms with Crippen molar-refractivity contribution in [3.63, 3.8) is 0 Å². The van der Waals surface area contributed by atoms with Crippen molar-refractivity contribution in [3.05, 3.63) is 181 Å². The van der Waals surface area contributed by atoms with Crippen LogP contribution in [0.4, 0.5) is 0 Å². The van der Waals surface area contributed by atoms with Crippen LogP contribution in [0.3, 0.4) is 0 Å². The van der Waals surface area contributed by atoms with Gasteiger partial charge in [0.1, 0.15) is 11.2 Å². The molecule has 0 saturated carbocycles. The van der Waals surface area contributed by atoms with E-state index < -0.39 is 280 Å². The van der Waals surface area contributed by atoms with E-state index in [0.29, 0.717) is 0 Å². The van der Waals surface area contributed by atoms with Crippen LogP contribution in [0.1, 0.15) is 41.1 Å². The molecule has 0 aliphatic carbocycles. The summed E-state index contributed by atoms with van der Waals surface area (Å²) in [6.07, 6.45) is 0. The Labute approximate surface area is 326 Å². The summed E-state index contributed by atoms with van der Waals surface area (Å²) in [6.45, 7) is 0. The van der Waals surface area contributed by atoms with Gasteiger partial charge in [-0.05, 0) is 83.5 Å². The third-order valence-electron chi connectivity index (χ3n) is 7.94. The van der Waals surface area contributed by atoms with Gasteiger partial charge in [0.05, 0.1) is 41.1 Å². The molecule has 0 amide bonds. The fourth-order valence-corrected chi connectivity index (χ4v) is 5.91. The average Bonchev–Trinajstić information content (AvgIpc) is 3.46. The van der Waals surface area contributed by atoms with E-state index in [1.807, 2.05) is 0 Å². The van der Waals surface area contributed by atoms with Gasteiger partial charge in [-0.1, -0.05) is 169 Å². The molecule has 0 atom stereocenters. The predicted octanol–water partition coefficient (Wildman–Crippen LogP) is 13.7. The molecular weight excluding hydrogens is 593 g/mol. The number of benzene rings is 9. The van der Waals surface area contributed by atoms with Crippen molar-refractivity contribution in [1.29, 1.82) is 0 Å². The lowest BCUT2D eigenvalue weighted by molar-refractivity contribution is 0.673. The number of fused-ring (bicyclic) bond motifs is 7. The minimum absolute atomic E-state index is 0.489. The molecule has 9 aromatic carbocycles. The highest BCUT2D eigenvalue weighted by atomic mass is 16.3. The van der Waals surface area contributed by atoms with E-state index in [1.165, 1.54) is 0 Å². The second-order valence-electron chi connectivity index (χ2n) is 10.5. The maximum atomic E-state index is 9.62. The summed E-state index contributed by atoms with van der Waals surface area (Å²) in [5, 5.41) is -5.43. The van der Waals surface area contributed by atoms with Gasteiger partial charge in [-0.15, -0.1) is 0 Å². The van der Waals surface area contributed by atoms with Crippen molar-refractivity contribution in [2.75, 3.05) is 0 Å². The quantitative estimate of drug-likeness (QED) is 0.172. The SMILES string of the molecule is [2H]c1c([2H])c([2H])c(-c2c([2H])c([2H])c(-c3c([2H])c([2H])c([2H])c([2H])c3-c3c4c([2H])c([2H])c([2H])c([2H])c4c(-c4c([2H])c([2H])c([2H])c5oc6c7c([2H])c([2H])c([2H])c([2H])c7c([2H])c([2H])c6c45)c4c([2H])c([2H])c([2H])c([2H])c34)c([2H])c2[2H])c([2H])c1[2H]. The molecule has 0 spiro atoms. The molecule has 10 rings (SSSR count). The second kappa shape index (κ2) is 11.1. The van der Waals surface area contributed by atoms with E-state index >= 15 is 0 Å². The van der Waals surface area contributed by atoms with Crippen molar-refractivity contribution >= 4 is 54.3 Å². The topological polar surface area (TPSA) is 13.1 Å². The fourth-order valence-electron chi connectivity index (χ4n) is 5.91. The van der Waals surface area contributed by atoms with Crippen molar-refractivity contribution in [1.82, 2.24) is 0 Å². The Balaban J connectivity index is 1.52. The van der Waals surface area contributed by atoms with Crippen LogP contribution in [-0.4, -0.2) is 0 Å². The van der Waals surface area contributed by atoms with Crippen molar-refractivity contribution < 1.29 is 45.5 Å². The van der Waals surface area contributed by atoms with E-state index in [2.05, 4.69) is 0 Å². The minimum atomic E-state index is -1.15. The van der Waals surface area contributed by atoms with E-state index in [1.54, 1.807) is 0 Å². The van der Waals surface area contributed by atoms with Crippen LogP contribution in [-0.2, 0) is 0 Å². The first kappa shape index (κ1) is 11.1. The van der Waals surface area contributed by atoms with Gasteiger partial charge in [-0.2, -0.15) is 0 Å². The molecule has 1 aromatic heterocycles. The summed E-state index contributed by atoms with van der Waals surface area (Å²) in [5.74, 6) is 0. The lowest BCUT2D eigenvalue weighted by Crippen LogP contribution is -1.93. The zero-order valence-corrected chi connectivity index (χ0v) is 24.4. The molecule has 1 heterocycles. The van der Waals surface area contributed by atoms with Crippen molar-refractivity contribution in [2.24, 2.45) is 0 Å². The molecule has 0 bridgehead atoms. The van der Waals surface area contributed by atoms with E-state index in [4.69, 9.17) is 29.1 Å². The molecule has 10 aromatic rings. The molecule has 0 saturated heterocycles. The van der Waals surface area contributed by atoms with Gasteiger partial charge < -0.3 is 4.42 Å². The highest BCUT2D eigenvalue weighted by Crippen LogP contribution is 2.48. The zero-order chi connectivity index (χ0) is 58.4. The Morgan fingerprint density at radius 2 is 0.837 bits per heavy atom. The molecular formula is C48H30O. The third kappa shape index (κ3) is 4.33. The second-order valence-corrected chi connectivity index (χ2v) is 10.5. The highest BCUT2D eigenvalue weighted by molar-refractivity contribution is 6.27. The molecule has 0 aliphatic heterocycles. The van der Waals surface area contributed by atoms with Crippen molar-refractivity contribution in [3.8, 4) is 44.5 Å². The summed E-state index contributed by atoms with van der Waals surface area (Å²) in [7, 11) is 0. The van der Waals surface area contributed by atoms with Crippen LogP contribution in [0.25, 0.3) is 98.8 Å². The summed E-state index contributed by atoms with van der Waals surface area (Å²) in [4.78, 5) is 0. The van der Waals surface area contributed by atoms with Gasteiger partial charge in [-0.25, -0.2) is 0 Å². The predicted molar refractivity (Wildman–Crippen MR) is 208 cm³/mol. The summed E-state index contributed by atoms with van der Waals surface area (Å²) in [5.41, 5.74) is -8.10. The first-order valence-corrected chi connectivity index (χ1v) is 14.4. The van der Waals surface area contributed by atoms with E-state index in [9.17, 15) is 16.4 Å². The Hall–Kier alpha value is -6.44. The normalized spacial score (nSPS) is 20.2. The van der Waals surface area contributed by atoms with Crippen LogP contribution in [0, 0.1) is 0 Å². The van der Waals surface area contributed by atoms with E-state index in [0.717, 1.165) is 0 Å². The van der Waals surface area contributed by atoms with Crippen LogP contribution >= 0.6 is 0 Å². The molecule has 228 valence electrons. The molecule has 0 unspecified atom stereocenters. The number of rotatable bonds is 4. The minimum Gasteiger partial charge on any atom is -0.455 e. The van der Waals surface area contributed by atoms with Crippen LogP contribution in [0.15, 0.2) is 186 Å². The lowest BCUT2D eigenvalue weighted by atomic mass is 9.83. The average molecular weight is 653 g/mol. The Bertz CT molecular complexity index is 4460. The number of furan rings is 1. The first-order chi connectivity index (χ1) is 36.8. The van der Waals surface area contributed by atoms with Gasteiger partial charge >= 0.3 is 0 Å². The molecule has 0 N–H and O–H groups in total. The fraction of sp³-hybridized carbons (Fsp3) is 0. The standard InChI is InChI=1S/C48H30O/c1-2-13-31(14-3-1)32-25-27-34(28-26-32)35-16-6-7-18-37(35)45-38-19-8-10-21-40(38)46(41-22-11-9-20-39(41)45)42-23-12-24-44-47(42)43-30-29-33-15-4-5-17-36(33)48(43)49-44/h1-30H/i1D,2D,3D,4D,5D,6D,7D,8D,9D,10D,11D,12D,13D,14D,15D,16D,17D,18D,19D,20D,21D,22D,23D,24D,25D,26D,27D,28D,29D,30D. The Kier molecular flexibility index (Phi) is 2.50. The van der Waals surface area contributed by atoms with Gasteiger partial charge in [-0.3, -0.25) is 0 Å². The van der Waals surface area contributed by atoms with Crippen molar-refractivity contribution in [2.45, 2.75) is 0 Å². The maximum absolute atomic E-state index is 9.62. The molecule has 0 aliphatic rings. The van der Waals surface area contributed by atoms with Gasteiger partial charge in [0, 0.05) is 16.2 Å². The van der Waals surface area contributed by atoms with Gasteiger partial charge in [0.25, 0.3) is 0 Å². The first-order valence-electron chi connectivity index (χ1n) is 29.4. The molecule has 0 radical (unpaired) electrons. The van der Waals surface area contributed by atoms with E-state index in [-0.39, 0.29) is 0 Å². The molecule has 0 fully saturated rings. The maximum Gasteiger partial charge on any atom is 0.143 e.